The number of rotatable bonds is 6. The number of carbonyl (C=O) groups excluding carboxylic acids is 1. The van der Waals surface area contributed by atoms with Crippen LogP contribution in [0.1, 0.15) is 26.7 Å². The van der Waals surface area contributed by atoms with E-state index in [1.165, 1.54) is 0 Å². The number of aliphatic carboxylic acids is 1. The van der Waals surface area contributed by atoms with Crippen molar-refractivity contribution in [1.82, 2.24) is 4.98 Å². The largest absolute Gasteiger partial charge is 0.480 e. The van der Waals surface area contributed by atoms with Crippen molar-refractivity contribution in [2.24, 2.45) is 5.41 Å². The standard InChI is InChI=1S/C14H15NO5S/c1-3-14(4-2,11(16)17)12(18)20-21-13-15-9-7-5-6-8-10(9)19-13/h5-8H,3-4H2,1-2H3,(H,16,17). The molecule has 0 aliphatic carbocycles. The number of hydrogen-bond acceptors (Lipinski definition) is 6. The second-order valence-corrected chi connectivity index (χ2v) is 5.18. The summed E-state index contributed by atoms with van der Waals surface area (Å²) in [5, 5.41) is 9.42. The van der Waals surface area contributed by atoms with Crippen LogP contribution in [0, 0.1) is 5.41 Å². The Morgan fingerprint density at radius 1 is 1.33 bits per heavy atom. The lowest BCUT2D eigenvalue weighted by Crippen LogP contribution is -2.38. The maximum Gasteiger partial charge on any atom is 0.335 e. The molecule has 0 atom stereocenters. The Hall–Kier alpha value is -2.02. The first-order valence-corrected chi connectivity index (χ1v) is 7.25. The van der Waals surface area contributed by atoms with E-state index in [1.807, 2.05) is 6.07 Å². The van der Waals surface area contributed by atoms with Gasteiger partial charge in [0.05, 0.1) is 0 Å². The third kappa shape index (κ3) is 2.87. The normalized spacial score (nSPS) is 11.5. The zero-order chi connectivity index (χ0) is 15.5. The van der Waals surface area contributed by atoms with Crippen molar-refractivity contribution in [2.75, 3.05) is 0 Å². The molecule has 2 rings (SSSR count). The molecule has 2 aromatic rings. The van der Waals surface area contributed by atoms with Gasteiger partial charge in [-0.3, -0.25) is 4.79 Å². The molecule has 1 N–H and O–H groups in total. The van der Waals surface area contributed by atoms with Crippen LogP contribution in [0.2, 0.25) is 0 Å². The van der Waals surface area contributed by atoms with Gasteiger partial charge in [0.1, 0.15) is 5.52 Å². The summed E-state index contributed by atoms with van der Waals surface area (Å²) in [6, 6.07) is 7.13. The average Bonchev–Trinajstić information content (AvgIpc) is 2.89. The van der Waals surface area contributed by atoms with E-state index in [0.29, 0.717) is 23.1 Å². The summed E-state index contributed by atoms with van der Waals surface area (Å²) in [6.45, 7) is 3.28. The minimum atomic E-state index is -1.53. The highest BCUT2D eigenvalue weighted by Gasteiger charge is 2.45. The Morgan fingerprint density at radius 3 is 2.57 bits per heavy atom. The van der Waals surface area contributed by atoms with Crippen LogP contribution in [0.3, 0.4) is 0 Å². The van der Waals surface area contributed by atoms with Crippen molar-refractivity contribution in [3.8, 4) is 0 Å². The number of aromatic nitrogens is 1. The van der Waals surface area contributed by atoms with E-state index in [2.05, 4.69) is 4.98 Å². The predicted molar refractivity (Wildman–Crippen MR) is 76.6 cm³/mol. The van der Waals surface area contributed by atoms with Gasteiger partial charge >= 0.3 is 11.9 Å². The fourth-order valence-electron chi connectivity index (χ4n) is 1.97. The fraction of sp³-hybridized carbons (Fsp3) is 0.357. The van der Waals surface area contributed by atoms with Crippen molar-refractivity contribution in [3.05, 3.63) is 24.3 Å². The van der Waals surface area contributed by atoms with E-state index in [4.69, 9.17) is 8.60 Å². The number of carboxylic acid groups (broad SMARTS) is 1. The summed E-state index contributed by atoms with van der Waals surface area (Å²) >= 11 is 0.639. The zero-order valence-corrected chi connectivity index (χ0v) is 12.5. The van der Waals surface area contributed by atoms with Crippen LogP contribution in [0.4, 0.5) is 0 Å². The van der Waals surface area contributed by atoms with Gasteiger partial charge in [-0.05, 0) is 25.0 Å². The molecule has 0 saturated heterocycles. The molecule has 1 aromatic heterocycles. The van der Waals surface area contributed by atoms with Crippen LogP contribution in [-0.2, 0) is 13.8 Å². The van der Waals surface area contributed by atoms with Gasteiger partial charge in [0, 0.05) is 0 Å². The Bertz CT molecular complexity index is 629. The summed E-state index contributed by atoms with van der Waals surface area (Å²) < 4.78 is 10.4. The predicted octanol–water partition coefficient (Wildman–Crippen LogP) is 3.27. The number of para-hydroxylation sites is 2. The summed E-state index contributed by atoms with van der Waals surface area (Å²) in [5.74, 6) is -1.98. The van der Waals surface area contributed by atoms with E-state index in [9.17, 15) is 14.7 Å². The molecular formula is C14H15NO5S. The van der Waals surface area contributed by atoms with Crippen LogP contribution in [0.25, 0.3) is 11.1 Å². The minimum Gasteiger partial charge on any atom is -0.480 e. The summed E-state index contributed by atoms with van der Waals surface area (Å²) in [4.78, 5) is 27.5. The van der Waals surface area contributed by atoms with Gasteiger partial charge in [0.2, 0.25) is 0 Å². The first-order chi connectivity index (χ1) is 10.0. The lowest BCUT2D eigenvalue weighted by Gasteiger charge is -2.22. The Kier molecular flexibility index (Phi) is 4.52. The Balaban J connectivity index is 2.11. The van der Waals surface area contributed by atoms with Crippen LogP contribution in [0.5, 0.6) is 0 Å². The second kappa shape index (κ2) is 6.17. The van der Waals surface area contributed by atoms with Gasteiger partial charge in [-0.25, -0.2) is 9.78 Å². The number of benzene rings is 1. The van der Waals surface area contributed by atoms with E-state index >= 15 is 0 Å². The molecule has 0 radical (unpaired) electrons. The van der Waals surface area contributed by atoms with Crippen molar-refractivity contribution < 1.29 is 23.3 Å². The van der Waals surface area contributed by atoms with Crippen LogP contribution in [0.15, 0.2) is 33.9 Å². The molecule has 0 spiro atoms. The van der Waals surface area contributed by atoms with E-state index < -0.39 is 17.4 Å². The quantitative estimate of drug-likeness (QED) is 0.647. The highest BCUT2D eigenvalue weighted by Crippen LogP contribution is 2.32. The highest BCUT2D eigenvalue weighted by molar-refractivity contribution is 7.94. The number of hydrogen-bond donors (Lipinski definition) is 1. The molecule has 21 heavy (non-hydrogen) atoms. The first kappa shape index (κ1) is 15.4. The number of carbonyl (C=O) groups is 2. The summed E-state index contributed by atoms with van der Waals surface area (Å²) in [5.41, 5.74) is -0.308. The minimum absolute atomic E-state index is 0.159. The molecule has 0 fully saturated rings. The van der Waals surface area contributed by atoms with E-state index in [-0.39, 0.29) is 18.1 Å². The topological polar surface area (TPSA) is 89.6 Å². The Labute approximate surface area is 125 Å². The maximum absolute atomic E-state index is 12.1. The molecule has 0 unspecified atom stereocenters. The molecule has 6 nitrogen and oxygen atoms in total. The second-order valence-electron chi connectivity index (χ2n) is 4.50. The van der Waals surface area contributed by atoms with Crippen LogP contribution in [-0.4, -0.2) is 22.0 Å². The number of nitrogens with zero attached hydrogens (tertiary/aromatic N) is 1. The maximum atomic E-state index is 12.1. The van der Waals surface area contributed by atoms with Crippen molar-refractivity contribution in [3.63, 3.8) is 0 Å². The van der Waals surface area contributed by atoms with Crippen molar-refractivity contribution in [2.45, 2.75) is 31.9 Å². The van der Waals surface area contributed by atoms with Gasteiger partial charge in [-0.2, -0.15) is 0 Å². The van der Waals surface area contributed by atoms with Crippen LogP contribution < -0.4 is 0 Å². The van der Waals surface area contributed by atoms with Gasteiger partial charge < -0.3 is 13.7 Å². The van der Waals surface area contributed by atoms with Gasteiger partial charge in [0.25, 0.3) is 5.22 Å². The van der Waals surface area contributed by atoms with Gasteiger partial charge in [-0.1, -0.05) is 26.0 Å². The molecule has 0 saturated carbocycles. The highest BCUT2D eigenvalue weighted by atomic mass is 32.2. The summed E-state index contributed by atoms with van der Waals surface area (Å²) in [7, 11) is 0. The molecule has 1 aromatic carbocycles. The van der Waals surface area contributed by atoms with Gasteiger partial charge in [-0.15, -0.1) is 0 Å². The molecule has 0 amide bonds. The molecular weight excluding hydrogens is 294 g/mol. The van der Waals surface area contributed by atoms with Crippen molar-refractivity contribution >= 4 is 35.1 Å². The third-order valence-electron chi connectivity index (χ3n) is 3.47. The molecule has 0 aliphatic heterocycles. The summed E-state index contributed by atoms with van der Waals surface area (Å²) in [6.07, 6.45) is 0.317. The number of carboxylic acids is 1. The molecule has 0 aliphatic rings. The SMILES string of the molecule is CCC(CC)(C(=O)O)C(=O)OSc1nc2ccccc2o1. The number of fused-ring (bicyclic) bond motifs is 1. The molecule has 7 heteroatoms. The van der Waals surface area contributed by atoms with E-state index in [1.54, 1.807) is 32.0 Å². The van der Waals surface area contributed by atoms with Crippen molar-refractivity contribution in [1.29, 1.82) is 0 Å². The zero-order valence-electron chi connectivity index (χ0n) is 11.7. The lowest BCUT2D eigenvalue weighted by atomic mass is 9.83. The lowest BCUT2D eigenvalue weighted by molar-refractivity contribution is -0.162. The molecule has 112 valence electrons. The first-order valence-electron chi connectivity index (χ1n) is 6.51. The number of oxazole rings is 1. The monoisotopic (exact) mass is 309 g/mol. The van der Waals surface area contributed by atoms with Gasteiger partial charge in [0.15, 0.2) is 23.0 Å². The fourth-order valence-corrected chi connectivity index (χ4v) is 2.53. The smallest absolute Gasteiger partial charge is 0.335 e. The molecule has 0 bridgehead atoms. The van der Waals surface area contributed by atoms with Crippen LogP contribution >= 0.6 is 12.0 Å². The van der Waals surface area contributed by atoms with E-state index in [0.717, 1.165) is 0 Å². The third-order valence-corrected chi connectivity index (χ3v) is 4.02. The molecule has 1 heterocycles. The Morgan fingerprint density at radius 2 is 2.00 bits per heavy atom. The average molecular weight is 309 g/mol.